The molecule has 4 heteroatoms. The van der Waals surface area contributed by atoms with Gasteiger partial charge >= 0.3 is 0 Å². The summed E-state index contributed by atoms with van der Waals surface area (Å²) >= 11 is 0. The Labute approximate surface area is 153 Å². The van der Waals surface area contributed by atoms with E-state index in [9.17, 15) is 5.11 Å². The molecular weight excluding hydrogens is 310 g/mol. The number of hydrogen-bond donors (Lipinski definition) is 1. The van der Waals surface area contributed by atoms with E-state index >= 15 is 0 Å². The fourth-order valence-electron chi connectivity index (χ4n) is 4.38. The molecular formula is C21H35N3O. The summed E-state index contributed by atoms with van der Waals surface area (Å²) in [5.41, 5.74) is 3.52. The number of aliphatic hydroxyl groups excluding tert-OH is 1. The Kier molecular flexibility index (Phi) is 6.50. The van der Waals surface area contributed by atoms with Gasteiger partial charge in [0.2, 0.25) is 0 Å². The molecule has 0 radical (unpaired) electrons. The lowest BCUT2D eigenvalue weighted by Crippen LogP contribution is -2.52. The van der Waals surface area contributed by atoms with Crippen LogP contribution in [0.4, 0.5) is 0 Å². The Morgan fingerprint density at radius 2 is 1.60 bits per heavy atom. The van der Waals surface area contributed by atoms with E-state index in [1.54, 1.807) is 0 Å². The predicted octanol–water partition coefficient (Wildman–Crippen LogP) is 2.44. The van der Waals surface area contributed by atoms with Crippen LogP contribution in [0, 0.1) is 13.8 Å². The third-order valence-electron chi connectivity index (χ3n) is 5.92. The Morgan fingerprint density at radius 1 is 0.960 bits per heavy atom. The van der Waals surface area contributed by atoms with Crippen LogP contribution < -0.4 is 0 Å². The number of aliphatic hydroxyl groups is 1. The normalized spacial score (nSPS) is 25.2. The number of hydrogen-bond acceptors (Lipinski definition) is 4. The molecule has 1 N–H and O–H groups in total. The SMILES string of the molecule is Cc1cc(C)cc(C(O)CN2CCN(CC3CCCCN3C)CC2)c1. The molecule has 0 saturated carbocycles. The van der Waals surface area contributed by atoms with Gasteiger partial charge in [-0.3, -0.25) is 9.80 Å². The number of rotatable bonds is 5. The standard InChI is InChI=1S/C21H35N3O/c1-17-12-18(2)14-19(13-17)21(25)16-24-10-8-23(9-11-24)15-20-6-4-5-7-22(20)3/h12-14,20-21,25H,4-11,15-16H2,1-3H3. The molecule has 2 heterocycles. The molecule has 2 saturated heterocycles. The summed E-state index contributed by atoms with van der Waals surface area (Å²) in [6.07, 6.45) is 3.71. The Morgan fingerprint density at radius 3 is 2.24 bits per heavy atom. The molecule has 2 aliphatic heterocycles. The van der Waals surface area contributed by atoms with Crippen molar-refractivity contribution in [2.45, 2.75) is 45.3 Å². The second-order valence-electron chi connectivity index (χ2n) is 8.17. The molecule has 0 spiro atoms. The predicted molar refractivity (Wildman–Crippen MR) is 104 cm³/mol. The minimum absolute atomic E-state index is 0.380. The number of nitrogens with zero attached hydrogens (tertiary/aromatic N) is 3. The van der Waals surface area contributed by atoms with Crippen molar-refractivity contribution in [3.05, 3.63) is 34.9 Å². The Balaban J connectivity index is 1.45. The fraction of sp³-hybridized carbons (Fsp3) is 0.714. The highest BCUT2D eigenvalue weighted by molar-refractivity contribution is 5.30. The molecule has 25 heavy (non-hydrogen) atoms. The molecule has 2 fully saturated rings. The van der Waals surface area contributed by atoms with Crippen LogP contribution in [0.5, 0.6) is 0 Å². The van der Waals surface area contributed by atoms with Crippen molar-refractivity contribution in [1.82, 2.24) is 14.7 Å². The highest BCUT2D eigenvalue weighted by Gasteiger charge is 2.25. The van der Waals surface area contributed by atoms with Crippen LogP contribution in [0.15, 0.2) is 18.2 Å². The lowest BCUT2D eigenvalue weighted by Gasteiger charge is -2.40. The Bertz CT molecular complexity index is 534. The monoisotopic (exact) mass is 345 g/mol. The van der Waals surface area contributed by atoms with Crippen molar-refractivity contribution in [1.29, 1.82) is 0 Å². The smallest absolute Gasteiger partial charge is 0.0917 e. The molecule has 3 rings (SSSR count). The number of likely N-dealkylation sites (tertiary alicyclic amines) is 1. The summed E-state index contributed by atoms with van der Waals surface area (Å²) in [5.74, 6) is 0. The third-order valence-corrected chi connectivity index (χ3v) is 5.92. The molecule has 2 unspecified atom stereocenters. The summed E-state index contributed by atoms with van der Waals surface area (Å²) < 4.78 is 0. The van der Waals surface area contributed by atoms with Gasteiger partial charge < -0.3 is 10.0 Å². The summed E-state index contributed by atoms with van der Waals surface area (Å²) in [4.78, 5) is 7.58. The number of β-amino-alcohol motifs (C(OH)–C–C–N with tert-alkyl or cyclic N) is 1. The maximum Gasteiger partial charge on any atom is 0.0917 e. The van der Waals surface area contributed by atoms with Gasteiger partial charge in [0.05, 0.1) is 6.10 Å². The first-order chi connectivity index (χ1) is 12.0. The first kappa shape index (κ1) is 18.8. The maximum atomic E-state index is 10.6. The largest absolute Gasteiger partial charge is 0.387 e. The molecule has 0 aromatic heterocycles. The first-order valence-corrected chi connectivity index (χ1v) is 9.92. The lowest BCUT2D eigenvalue weighted by atomic mass is 10.0. The van der Waals surface area contributed by atoms with E-state index in [4.69, 9.17) is 0 Å². The second kappa shape index (κ2) is 8.63. The second-order valence-corrected chi connectivity index (χ2v) is 8.17. The van der Waals surface area contributed by atoms with Gasteiger partial charge in [-0.15, -0.1) is 0 Å². The van der Waals surface area contributed by atoms with Crippen molar-refractivity contribution in [2.24, 2.45) is 0 Å². The minimum atomic E-state index is -0.380. The highest BCUT2D eigenvalue weighted by Crippen LogP contribution is 2.20. The molecule has 2 aliphatic rings. The van der Waals surface area contributed by atoms with E-state index in [2.05, 4.69) is 53.8 Å². The zero-order valence-corrected chi connectivity index (χ0v) is 16.2. The van der Waals surface area contributed by atoms with Crippen LogP contribution >= 0.6 is 0 Å². The van der Waals surface area contributed by atoms with E-state index in [0.29, 0.717) is 0 Å². The van der Waals surface area contributed by atoms with Crippen LogP contribution in [-0.2, 0) is 0 Å². The van der Waals surface area contributed by atoms with Gasteiger partial charge in [0.15, 0.2) is 0 Å². The van der Waals surface area contributed by atoms with Crippen molar-refractivity contribution in [3.63, 3.8) is 0 Å². The number of likely N-dealkylation sites (N-methyl/N-ethyl adjacent to an activating group) is 1. The zero-order valence-electron chi connectivity index (χ0n) is 16.2. The molecule has 4 nitrogen and oxygen atoms in total. The molecule has 0 bridgehead atoms. The van der Waals surface area contributed by atoms with Gasteiger partial charge in [0, 0.05) is 45.3 Å². The number of aryl methyl sites for hydroxylation is 2. The summed E-state index contributed by atoms with van der Waals surface area (Å²) in [6.45, 7) is 11.8. The number of piperidine rings is 1. The summed E-state index contributed by atoms with van der Waals surface area (Å²) in [7, 11) is 2.28. The Hall–Kier alpha value is -0.940. The molecule has 1 aromatic carbocycles. The quantitative estimate of drug-likeness (QED) is 0.888. The van der Waals surface area contributed by atoms with Crippen molar-refractivity contribution in [2.75, 3.05) is 52.9 Å². The van der Waals surface area contributed by atoms with E-state index in [1.807, 2.05) is 0 Å². The topological polar surface area (TPSA) is 30.0 Å². The van der Waals surface area contributed by atoms with Gasteiger partial charge in [0.1, 0.15) is 0 Å². The molecule has 2 atom stereocenters. The van der Waals surface area contributed by atoms with E-state index in [-0.39, 0.29) is 6.10 Å². The van der Waals surface area contributed by atoms with E-state index in [1.165, 1.54) is 43.5 Å². The molecule has 1 aromatic rings. The van der Waals surface area contributed by atoms with E-state index < -0.39 is 0 Å². The summed E-state index contributed by atoms with van der Waals surface area (Å²) in [5, 5.41) is 10.6. The number of benzene rings is 1. The van der Waals surface area contributed by atoms with Gasteiger partial charge in [-0.2, -0.15) is 0 Å². The fourth-order valence-corrected chi connectivity index (χ4v) is 4.38. The van der Waals surface area contributed by atoms with Crippen molar-refractivity contribution < 1.29 is 5.11 Å². The zero-order chi connectivity index (χ0) is 17.8. The van der Waals surface area contributed by atoms with Gasteiger partial charge in [0.25, 0.3) is 0 Å². The summed E-state index contributed by atoms with van der Waals surface area (Å²) in [6, 6.07) is 7.14. The van der Waals surface area contributed by atoms with Crippen LogP contribution in [-0.4, -0.2) is 78.7 Å². The minimum Gasteiger partial charge on any atom is -0.387 e. The first-order valence-electron chi connectivity index (χ1n) is 9.92. The third kappa shape index (κ3) is 5.27. The highest BCUT2D eigenvalue weighted by atomic mass is 16.3. The lowest BCUT2D eigenvalue weighted by molar-refractivity contribution is 0.0552. The maximum absolute atomic E-state index is 10.6. The molecule has 140 valence electrons. The van der Waals surface area contributed by atoms with Gasteiger partial charge in [-0.05, 0) is 45.8 Å². The van der Waals surface area contributed by atoms with Crippen LogP contribution in [0.2, 0.25) is 0 Å². The van der Waals surface area contributed by atoms with Crippen molar-refractivity contribution in [3.8, 4) is 0 Å². The van der Waals surface area contributed by atoms with Gasteiger partial charge in [-0.1, -0.05) is 35.7 Å². The van der Waals surface area contributed by atoms with Crippen LogP contribution in [0.25, 0.3) is 0 Å². The number of piperazine rings is 1. The van der Waals surface area contributed by atoms with Crippen molar-refractivity contribution >= 4 is 0 Å². The molecule has 0 amide bonds. The van der Waals surface area contributed by atoms with Crippen LogP contribution in [0.1, 0.15) is 42.1 Å². The molecule has 0 aliphatic carbocycles. The average molecular weight is 346 g/mol. The van der Waals surface area contributed by atoms with Crippen LogP contribution in [0.3, 0.4) is 0 Å². The van der Waals surface area contributed by atoms with Gasteiger partial charge in [-0.25, -0.2) is 0 Å². The van der Waals surface area contributed by atoms with E-state index in [0.717, 1.165) is 44.3 Å². The average Bonchev–Trinajstić information content (AvgIpc) is 2.58.